The molecule has 0 spiro atoms. The molecule has 2 amide bonds. The van der Waals surface area contributed by atoms with Crippen molar-refractivity contribution < 1.29 is 14.1 Å². The van der Waals surface area contributed by atoms with Gasteiger partial charge in [0.15, 0.2) is 5.82 Å². The van der Waals surface area contributed by atoms with Crippen LogP contribution in [0.3, 0.4) is 0 Å². The van der Waals surface area contributed by atoms with Crippen LogP contribution in [0.2, 0.25) is 0 Å². The fraction of sp³-hybridized carbons (Fsp3) is 0.667. The van der Waals surface area contributed by atoms with E-state index >= 15 is 0 Å². The molecule has 2 unspecified atom stereocenters. The third-order valence-corrected chi connectivity index (χ3v) is 4.98. The molecule has 0 saturated heterocycles. The molecule has 23 heavy (non-hydrogen) atoms. The van der Waals surface area contributed by atoms with Crippen molar-refractivity contribution in [2.75, 3.05) is 17.6 Å². The van der Waals surface area contributed by atoms with Gasteiger partial charge in [-0.1, -0.05) is 19.0 Å². The highest BCUT2D eigenvalue weighted by molar-refractivity contribution is 8.01. The number of carbonyl (C=O) groups is 2. The van der Waals surface area contributed by atoms with E-state index < -0.39 is 5.54 Å². The van der Waals surface area contributed by atoms with Gasteiger partial charge in [-0.25, -0.2) is 0 Å². The summed E-state index contributed by atoms with van der Waals surface area (Å²) in [4.78, 5) is 24.1. The maximum Gasteiger partial charge on any atom is 0.238 e. The zero-order valence-corrected chi connectivity index (χ0v) is 15.1. The van der Waals surface area contributed by atoms with Crippen LogP contribution in [0, 0.1) is 12.8 Å². The second-order valence-electron chi connectivity index (χ2n) is 6.09. The van der Waals surface area contributed by atoms with Crippen molar-refractivity contribution in [1.82, 2.24) is 10.5 Å². The van der Waals surface area contributed by atoms with Crippen LogP contribution in [-0.4, -0.2) is 40.1 Å². The molecule has 0 aromatic carbocycles. The molecule has 1 aromatic rings. The lowest BCUT2D eigenvalue weighted by Gasteiger charge is -2.33. The topological polar surface area (TPSA) is 110 Å². The van der Waals surface area contributed by atoms with Gasteiger partial charge in [-0.2, -0.15) is 0 Å². The van der Waals surface area contributed by atoms with Crippen LogP contribution >= 0.6 is 11.8 Å². The van der Waals surface area contributed by atoms with Crippen LogP contribution in [0.25, 0.3) is 0 Å². The Balaban J connectivity index is 2.44. The van der Waals surface area contributed by atoms with Gasteiger partial charge in [0, 0.05) is 12.6 Å². The number of thioether (sulfide) groups is 1. The van der Waals surface area contributed by atoms with E-state index in [0.717, 1.165) is 0 Å². The van der Waals surface area contributed by atoms with Crippen molar-refractivity contribution in [3.63, 3.8) is 0 Å². The lowest BCUT2D eigenvalue weighted by Crippen LogP contribution is -2.55. The van der Waals surface area contributed by atoms with E-state index in [1.165, 1.54) is 11.8 Å². The molecule has 0 aliphatic carbocycles. The Morgan fingerprint density at radius 1 is 1.43 bits per heavy atom. The predicted octanol–water partition coefficient (Wildman–Crippen LogP) is 1.53. The maximum absolute atomic E-state index is 12.1. The van der Waals surface area contributed by atoms with Gasteiger partial charge in [-0.05, 0) is 26.7 Å². The van der Waals surface area contributed by atoms with Crippen molar-refractivity contribution in [3.8, 4) is 0 Å². The number of hydrogen-bond donors (Lipinski definition) is 3. The van der Waals surface area contributed by atoms with Crippen molar-refractivity contribution in [1.29, 1.82) is 0 Å². The Kier molecular flexibility index (Phi) is 7.08. The molecule has 7 nitrogen and oxygen atoms in total. The molecule has 0 bridgehead atoms. The Hall–Kier alpha value is -1.54. The Morgan fingerprint density at radius 3 is 2.57 bits per heavy atom. The SMILES string of the molecule is Cc1cc(NC(=O)C(C)SCC(=O)NC(C)(CN)C(C)C)no1. The molecule has 1 aromatic heterocycles. The average Bonchev–Trinajstić information content (AvgIpc) is 2.89. The summed E-state index contributed by atoms with van der Waals surface area (Å²) in [5.41, 5.74) is 5.30. The highest BCUT2D eigenvalue weighted by atomic mass is 32.2. The number of hydrogen-bond acceptors (Lipinski definition) is 6. The zero-order chi connectivity index (χ0) is 17.6. The second-order valence-corrected chi connectivity index (χ2v) is 7.42. The first-order valence-corrected chi connectivity index (χ1v) is 8.59. The molecule has 0 saturated carbocycles. The van der Waals surface area contributed by atoms with Crippen LogP contribution in [0.1, 0.15) is 33.5 Å². The molecule has 1 rings (SSSR count). The first-order chi connectivity index (χ1) is 10.7. The van der Waals surface area contributed by atoms with Crippen molar-refractivity contribution in [2.45, 2.75) is 45.4 Å². The number of nitrogens with one attached hydrogen (secondary N) is 2. The number of nitrogens with zero attached hydrogens (tertiary/aromatic N) is 1. The van der Waals surface area contributed by atoms with E-state index in [9.17, 15) is 9.59 Å². The summed E-state index contributed by atoms with van der Waals surface area (Å²) in [6.45, 7) is 9.79. The molecular formula is C15H26N4O3S. The summed E-state index contributed by atoms with van der Waals surface area (Å²) in [6.07, 6.45) is 0. The lowest BCUT2D eigenvalue weighted by molar-refractivity contribution is -0.120. The minimum Gasteiger partial charge on any atom is -0.360 e. The van der Waals surface area contributed by atoms with Gasteiger partial charge in [0.2, 0.25) is 11.8 Å². The first-order valence-electron chi connectivity index (χ1n) is 7.55. The third kappa shape index (κ3) is 5.87. The standard InChI is InChI=1S/C15H26N4O3S/c1-9(2)15(5,8-16)18-13(20)7-23-11(4)14(21)17-12-6-10(3)22-19-12/h6,9,11H,7-8,16H2,1-5H3,(H,18,20)(H,17,19,21). The van der Waals surface area contributed by atoms with E-state index in [-0.39, 0.29) is 28.7 Å². The van der Waals surface area contributed by atoms with Crippen molar-refractivity contribution >= 4 is 29.4 Å². The number of nitrogens with two attached hydrogens (primary N) is 1. The maximum atomic E-state index is 12.1. The van der Waals surface area contributed by atoms with E-state index in [0.29, 0.717) is 18.1 Å². The van der Waals surface area contributed by atoms with E-state index in [1.807, 2.05) is 20.8 Å². The zero-order valence-electron chi connectivity index (χ0n) is 14.3. The van der Waals surface area contributed by atoms with E-state index in [1.54, 1.807) is 19.9 Å². The van der Waals surface area contributed by atoms with Crippen molar-refractivity contribution in [2.24, 2.45) is 11.7 Å². The van der Waals surface area contributed by atoms with Gasteiger partial charge in [-0.3, -0.25) is 9.59 Å². The number of carbonyl (C=O) groups excluding carboxylic acids is 2. The van der Waals surface area contributed by atoms with Crippen LogP contribution in [0.15, 0.2) is 10.6 Å². The highest BCUT2D eigenvalue weighted by Gasteiger charge is 2.28. The number of amides is 2. The summed E-state index contributed by atoms with van der Waals surface area (Å²) >= 11 is 1.26. The smallest absolute Gasteiger partial charge is 0.238 e. The fourth-order valence-corrected chi connectivity index (χ4v) is 2.40. The van der Waals surface area contributed by atoms with Crippen molar-refractivity contribution in [3.05, 3.63) is 11.8 Å². The quantitative estimate of drug-likeness (QED) is 0.661. The molecule has 2 atom stereocenters. The number of aryl methyl sites for hydroxylation is 1. The highest BCUT2D eigenvalue weighted by Crippen LogP contribution is 2.17. The minimum absolute atomic E-state index is 0.131. The van der Waals surface area contributed by atoms with Crippen LogP contribution in [0.4, 0.5) is 5.82 Å². The van der Waals surface area contributed by atoms with Crippen LogP contribution < -0.4 is 16.4 Å². The van der Waals surface area contributed by atoms with E-state index in [4.69, 9.17) is 10.3 Å². The summed E-state index contributed by atoms with van der Waals surface area (Å²) in [5.74, 6) is 1.05. The molecular weight excluding hydrogens is 316 g/mol. The van der Waals surface area contributed by atoms with Gasteiger partial charge in [-0.15, -0.1) is 11.8 Å². The summed E-state index contributed by atoms with van der Waals surface area (Å²) in [6, 6.07) is 1.64. The third-order valence-electron chi connectivity index (χ3n) is 3.84. The minimum atomic E-state index is -0.443. The van der Waals surface area contributed by atoms with Gasteiger partial charge in [0.25, 0.3) is 0 Å². The Labute approximate surface area is 141 Å². The molecule has 0 aliphatic heterocycles. The molecule has 0 fully saturated rings. The Bertz CT molecular complexity index is 547. The molecule has 130 valence electrons. The predicted molar refractivity (Wildman–Crippen MR) is 92.2 cm³/mol. The van der Waals surface area contributed by atoms with Gasteiger partial charge < -0.3 is 20.9 Å². The number of aromatic nitrogens is 1. The molecule has 1 heterocycles. The second kappa shape index (κ2) is 8.35. The Morgan fingerprint density at radius 2 is 2.09 bits per heavy atom. The van der Waals surface area contributed by atoms with E-state index in [2.05, 4.69) is 15.8 Å². The average molecular weight is 342 g/mol. The monoisotopic (exact) mass is 342 g/mol. The summed E-state index contributed by atoms with van der Waals surface area (Å²) in [5, 5.41) is 8.91. The summed E-state index contributed by atoms with van der Waals surface area (Å²) < 4.78 is 4.89. The van der Waals surface area contributed by atoms with Crippen LogP contribution in [0.5, 0.6) is 0 Å². The molecule has 0 aliphatic rings. The van der Waals surface area contributed by atoms with Gasteiger partial charge in [0.05, 0.1) is 16.5 Å². The normalized spacial score (nSPS) is 15.1. The molecule has 8 heteroatoms. The van der Waals surface area contributed by atoms with Gasteiger partial charge >= 0.3 is 0 Å². The molecule has 0 radical (unpaired) electrons. The van der Waals surface area contributed by atoms with Gasteiger partial charge in [0.1, 0.15) is 5.76 Å². The first kappa shape index (κ1) is 19.5. The largest absolute Gasteiger partial charge is 0.360 e. The van der Waals surface area contributed by atoms with Crippen LogP contribution in [-0.2, 0) is 9.59 Å². The number of anilines is 1. The number of rotatable bonds is 8. The summed E-state index contributed by atoms with van der Waals surface area (Å²) in [7, 11) is 0. The fourth-order valence-electron chi connectivity index (χ4n) is 1.72. The molecule has 4 N–H and O–H groups in total. The lowest BCUT2D eigenvalue weighted by atomic mass is 9.88.